The monoisotopic (exact) mass is 238 g/mol. The maximum atomic E-state index is 10.9. The smallest absolute Gasteiger partial charge is 0.335 e. The number of hydrogen-bond donors (Lipinski definition) is 3. The number of hydrogen-bond acceptors (Lipinski definition) is 4. The molecule has 0 amide bonds. The molecule has 1 aromatic heterocycles. The van der Waals surface area contributed by atoms with Gasteiger partial charge in [-0.3, -0.25) is 0 Å². The fourth-order valence-corrected chi connectivity index (χ4v) is 1.27. The maximum absolute atomic E-state index is 10.9. The van der Waals surface area contributed by atoms with Crippen molar-refractivity contribution < 1.29 is 15.0 Å². The zero-order chi connectivity index (χ0) is 13.1. The molecule has 0 aliphatic rings. The first kappa shape index (κ1) is 13.4. The van der Waals surface area contributed by atoms with Crippen molar-refractivity contribution in [1.82, 2.24) is 4.98 Å². The van der Waals surface area contributed by atoms with Gasteiger partial charge in [-0.1, -0.05) is 13.8 Å². The number of aryl methyl sites for hydroxylation is 1. The van der Waals surface area contributed by atoms with Gasteiger partial charge in [0.05, 0.1) is 5.56 Å². The predicted octanol–water partition coefficient (Wildman–Crippen LogP) is 1.52. The standard InChI is InChI=1S/C12H18N2O3/c1-8-4-9(11(16)17)5-10(14-8)13-6-12(2,3)7-15/h4-5,15H,6-7H2,1-3H3,(H,13,14)(H,16,17). The first-order chi connectivity index (χ1) is 7.84. The van der Waals surface area contributed by atoms with Crippen LogP contribution in [0.3, 0.4) is 0 Å². The van der Waals surface area contributed by atoms with Gasteiger partial charge in [0.25, 0.3) is 0 Å². The highest BCUT2D eigenvalue weighted by Gasteiger charge is 2.16. The molecule has 0 aliphatic heterocycles. The van der Waals surface area contributed by atoms with E-state index in [4.69, 9.17) is 10.2 Å². The highest BCUT2D eigenvalue weighted by Crippen LogP contribution is 2.16. The molecule has 0 atom stereocenters. The summed E-state index contributed by atoms with van der Waals surface area (Å²) < 4.78 is 0. The molecule has 1 rings (SSSR count). The van der Waals surface area contributed by atoms with Gasteiger partial charge >= 0.3 is 5.97 Å². The first-order valence-electron chi connectivity index (χ1n) is 5.41. The van der Waals surface area contributed by atoms with Crippen LogP contribution in [0.25, 0.3) is 0 Å². The molecule has 1 aromatic rings. The van der Waals surface area contributed by atoms with E-state index in [1.807, 2.05) is 13.8 Å². The van der Waals surface area contributed by atoms with Crippen molar-refractivity contribution in [3.8, 4) is 0 Å². The summed E-state index contributed by atoms with van der Waals surface area (Å²) in [6.07, 6.45) is 0. The van der Waals surface area contributed by atoms with Crippen molar-refractivity contribution >= 4 is 11.8 Å². The van der Waals surface area contributed by atoms with E-state index in [-0.39, 0.29) is 17.6 Å². The van der Waals surface area contributed by atoms with Crippen LogP contribution in [0.1, 0.15) is 29.9 Å². The number of aliphatic hydroxyl groups excluding tert-OH is 1. The lowest BCUT2D eigenvalue weighted by Crippen LogP contribution is -2.27. The molecule has 5 heteroatoms. The molecule has 17 heavy (non-hydrogen) atoms. The Hall–Kier alpha value is -1.62. The molecule has 0 saturated carbocycles. The molecule has 94 valence electrons. The van der Waals surface area contributed by atoms with Gasteiger partial charge in [-0.05, 0) is 19.1 Å². The van der Waals surface area contributed by atoms with E-state index in [9.17, 15) is 4.79 Å². The van der Waals surface area contributed by atoms with E-state index in [0.717, 1.165) is 0 Å². The summed E-state index contributed by atoms with van der Waals surface area (Å²) in [6.45, 7) is 6.15. The molecule has 0 unspecified atom stereocenters. The number of nitrogens with zero attached hydrogens (tertiary/aromatic N) is 1. The van der Waals surface area contributed by atoms with Gasteiger partial charge in [-0.2, -0.15) is 0 Å². The van der Waals surface area contributed by atoms with Crippen LogP contribution in [0, 0.1) is 12.3 Å². The summed E-state index contributed by atoms with van der Waals surface area (Å²) in [6, 6.07) is 3.01. The SMILES string of the molecule is Cc1cc(C(=O)O)cc(NCC(C)(C)CO)n1. The molecule has 0 aliphatic carbocycles. The Bertz CT molecular complexity index is 416. The Labute approximate surface area is 101 Å². The van der Waals surface area contributed by atoms with Gasteiger partial charge in [0.15, 0.2) is 0 Å². The number of nitrogens with one attached hydrogen (secondary N) is 1. The van der Waals surface area contributed by atoms with Crippen LogP contribution < -0.4 is 5.32 Å². The van der Waals surface area contributed by atoms with Crippen LogP contribution in [0.4, 0.5) is 5.82 Å². The van der Waals surface area contributed by atoms with Gasteiger partial charge < -0.3 is 15.5 Å². The van der Waals surface area contributed by atoms with E-state index in [0.29, 0.717) is 18.1 Å². The van der Waals surface area contributed by atoms with Crippen molar-refractivity contribution in [3.63, 3.8) is 0 Å². The van der Waals surface area contributed by atoms with Crippen LogP contribution in [0.5, 0.6) is 0 Å². The van der Waals surface area contributed by atoms with Crippen molar-refractivity contribution in [2.45, 2.75) is 20.8 Å². The fourth-order valence-electron chi connectivity index (χ4n) is 1.27. The van der Waals surface area contributed by atoms with E-state index < -0.39 is 5.97 Å². The van der Waals surface area contributed by atoms with E-state index in [2.05, 4.69) is 10.3 Å². The molecule has 0 saturated heterocycles. The Balaban J connectivity index is 2.81. The summed E-state index contributed by atoms with van der Waals surface area (Å²) in [5, 5.41) is 21.1. The lowest BCUT2D eigenvalue weighted by molar-refractivity contribution is 0.0696. The molecular weight excluding hydrogens is 220 g/mol. The quantitative estimate of drug-likeness (QED) is 0.724. The minimum absolute atomic E-state index is 0.0532. The number of aromatic carboxylic acids is 1. The minimum atomic E-state index is -0.972. The molecule has 5 nitrogen and oxygen atoms in total. The number of carbonyl (C=O) groups is 1. The van der Waals surface area contributed by atoms with E-state index in [1.54, 1.807) is 6.92 Å². The zero-order valence-corrected chi connectivity index (χ0v) is 10.3. The Kier molecular flexibility index (Phi) is 4.07. The average Bonchev–Trinajstić information content (AvgIpc) is 2.26. The number of rotatable bonds is 5. The lowest BCUT2D eigenvalue weighted by Gasteiger charge is -2.22. The number of pyridine rings is 1. The summed E-state index contributed by atoms with van der Waals surface area (Å²) in [7, 11) is 0. The number of carboxylic acids is 1. The largest absolute Gasteiger partial charge is 0.478 e. The lowest BCUT2D eigenvalue weighted by atomic mass is 9.95. The molecular formula is C12H18N2O3. The summed E-state index contributed by atoms with van der Waals surface area (Å²) in [5.74, 6) is -0.455. The Morgan fingerprint density at radius 2 is 2.12 bits per heavy atom. The third-order valence-electron chi connectivity index (χ3n) is 2.38. The van der Waals surface area contributed by atoms with Crippen molar-refractivity contribution in [2.24, 2.45) is 5.41 Å². The normalized spacial score (nSPS) is 11.3. The molecule has 0 radical (unpaired) electrons. The third-order valence-corrected chi connectivity index (χ3v) is 2.38. The molecule has 0 aromatic carbocycles. The second kappa shape index (κ2) is 5.14. The van der Waals surface area contributed by atoms with Crippen LogP contribution >= 0.6 is 0 Å². The van der Waals surface area contributed by atoms with Crippen LogP contribution in [-0.2, 0) is 0 Å². The Morgan fingerprint density at radius 3 is 2.65 bits per heavy atom. The first-order valence-corrected chi connectivity index (χ1v) is 5.41. The number of aromatic nitrogens is 1. The number of anilines is 1. The van der Waals surface area contributed by atoms with Gasteiger partial charge in [0.1, 0.15) is 5.82 Å². The fraction of sp³-hybridized carbons (Fsp3) is 0.500. The minimum Gasteiger partial charge on any atom is -0.478 e. The van der Waals surface area contributed by atoms with Gasteiger partial charge in [-0.25, -0.2) is 9.78 Å². The summed E-state index contributed by atoms with van der Waals surface area (Å²) in [5.41, 5.74) is 0.588. The number of aliphatic hydroxyl groups is 1. The Morgan fingerprint density at radius 1 is 1.47 bits per heavy atom. The highest BCUT2D eigenvalue weighted by atomic mass is 16.4. The second-order valence-corrected chi connectivity index (χ2v) is 4.86. The van der Waals surface area contributed by atoms with E-state index >= 15 is 0 Å². The number of carboxylic acid groups (broad SMARTS) is 1. The zero-order valence-electron chi connectivity index (χ0n) is 10.3. The van der Waals surface area contributed by atoms with Crippen molar-refractivity contribution in [2.75, 3.05) is 18.5 Å². The van der Waals surface area contributed by atoms with Crippen molar-refractivity contribution in [1.29, 1.82) is 0 Å². The summed E-state index contributed by atoms with van der Waals surface area (Å²) >= 11 is 0. The third kappa shape index (κ3) is 4.03. The van der Waals surface area contributed by atoms with Crippen molar-refractivity contribution in [3.05, 3.63) is 23.4 Å². The molecule has 1 heterocycles. The van der Waals surface area contributed by atoms with Crippen LogP contribution in [-0.4, -0.2) is 34.3 Å². The predicted molar refractivity (Wildman–Crippen MR) is 65.3 cm³/mol. The van der Waals surface area contributed by atoms with Gasteiger partial charge in [-0.15, -0.1) is 0 Å². The highest BCUT2D eigenvalue weighted by molar-refractivity contribution is 5.88. The van der Waals surface area contributed by atoms with Crippen LogP contribution in [0.2, 0.25) is 0 Å². The van der Waals surface area contributed by atoms with Gasteiger partial charge in [0, 0.05) is 24.3 Å². The summed E-state index contributed by atoms with van der Waals surface area (Å²) in [4.78, 5) is 15.1. The second-order valence-electron chi connectivity index (χ2n) is 4.86. The van der Waals surface area contributed by atoms with Crippen LogP contribution in [0.15, 0.2) is 12.1 Å². The molecule has 0 bridgehead atoms. The van der Waals surface area contributed by atoms with E-state index in [1.165, 1.54) is 12.1 Å². The van der Waals surface area contributed by atoms with Gasteiger partial charge in [0.2, 0.25) is 0 Å². The topological polar surface area (TPSA) is 82.5 Å². The maximum Gasteiger partial charge on any atom is 0.335 e. The molecule has 0 spiro atoms. The average molecular weight is 238 g/mol. The molecule has 3 N–H and O–H groups in total. The molecule has 0 fully saturated rings.